The van der Waals surface area contributed by atoms with Crippen LogP contribution in [0.25, 0.3) is 5.57 Å². The third-order valence-corrected chi connectivity index (χ3v) is 7.38. The highest BCUT2D eigenvalue weighted by Crippen LogP contribution is 2.51. The number of allylic oxidation sites excluding steroid dienone is 1. The molecule has 1 aromatic heterocycles. The van der Waals surface area contributed by atoms with Crippen LogP contribution in [0.5, 0.6) is 0 Å². The van der Waals surface area contributed by atoms with E-state index in [9.17, 15) is 14.7 Å². The van der Waals surface area contributed by atoms with Gasteiger partial charge in [0.1, 0.15) is 0 Å². The average molecular weight is 485 g/mol. The Morgan fingerprint density at radius 2 is 1.97 bits per heavy atom. The first-order valence-electron chi connectivity index (χ1n) is 10.9. The van der Waals surface area contributed by atoms with E-state index in [1.807, 2.05) is 32.0 Å². The first kappa shape index (κ1) is 21.9. The Balaban J connectivity index is 1.91. The largest absolute Gasteiger partial charge is 0.478 e. The first-order chi connectivity index (χ1) is 14.6. The zero-order chi connectivity index (χ0) is 22.6. The predicted molar refractivity (Wildman–Crippen MR) is 126 cm³/mol. The van der Waals surface area contributed by atoms with Gasteiger partial charge < -0.3 is 15.4 Å². The van der Waals surface area contributed by atoms with Gasteiger partial charge in [0.15, 0.2) is 0 Å². The van der Waals surface area contributed by atoms with Crippen LogP contribution in [0.3, 0.4) is 0 Å². The Kier molecular flexibility index (Phi) is 5.63. The Hall–Kier alpha value is -2.34. The van der Waals surface area contributed by atoms with E-state index in [1.54, 1.807) is 0 Å². The van der Waals surface area contributed by atoms with Crippen molar-refractivity contribution >= 4 is 39.1 Å². The summed E-state index contributed by atoms with van der Waals surface area (Å²) in [5.41, 5.74) is 6.69. The molecule has 3 unspecified atom stereocenters. The number of rotatable bonds is 3. The molecule has 0 radical (unpaired) electrons. The highest BCUT2D eigenvalue weighted by molar-refractivity contribution is 9.10. The van der Waals surface area contributed by atoms with Crippen molar-refractivity contribution in [3.8, 4) is 0 Å². The molecule has 6 heteroatoms. The van der Waals surface area contributed by atoms with Gasteiger partial charge in [0, 0.05) is 38.6 Å². The lowest BCUT2D eigenvalue weighted by molar-refractivity contribution is -0.110. The number of aromatic amines is 1. The van der Waals surface area contributed by atoms with E-state index in [2.05, 4.69) is 47.0 Å². The quantitative estimate of drug-likeness (QED) is 0.448. The first-order valence-corrected chi connectivity index (χ1v) is 11.7. The van der Waals surface area contributed by atoms with Crippen molar-refractivity contribution in [3.05, 3.63) is 56.3 Å². The van der Waals surface area contributed by atoms with Gasteiger partial charge in [0.05, 0.1) is 5.56 Å². The number of carboxylic acids is 1. The number of aromatic carboxylic acids is 1. The minimum Gasteiger partial charge on any atom is -0.478 e. The third kappa shape index (κ3) is 3.65. The summed E-state index contributed by atoms with van der Waals surface area (Å²) in [5.74, 6) is 0.0626. The van der Waals surface area contributed by atoms with Gasteiger partial charge in [0.25, 0.3) is 5.91 Å². The SMILES string of the molecule is Cc1[nH]c(C2CC(C)CC(=C3C(=O)Nc4ccc(Br)cc43)C2C(C)C)c(C)c1C(=O)O. The van der Waals surface area contributed by atoms with E-state index >= 15 is 0 Å². The number of aryl methyl sites for hydroxylation is 1. The van der Waals surface area contributed by atoms with Crippen LogP contribution in [0.2, 0.25) is 0 Å². The number of carboxylic acid groups (broad SMARTS) is 1. The molecule has 1 fully saturated rings. The molecular formula is C25H29BrN2O3. The van der Waals surface area contributed by atoms with Crippen molar-refractivity contribution in [1.82, 2.24) is 4.98 Å². The number of nitrogens with one attached hydrogen (secondary N) is 2. The molecule has 2 aromatic rings. The Morgan fingerprint density at radius 1 is 1.26 bits per heavy atom. The number of anilines is 1. The van der Waals surface area contributed by atoms with E-state index in [4.69, 9.17) is 0 Å². The van der Waals surface area contributed by atoms with Crippen LogP contribution >= 0.6 is 15.9 Å². The molecule has 1 saturated carbocycles. The minimum atomic E-state index is -0.894. The van der Waals surface area contributed by atoms with Gasteiger partial charge in [0.2, 0.25) is 0 Å². The molecule has 4 rings (SSSR count). The second-order valence-corrected chi connectivity index (χ2v) is 10.4. The molecular weight excluding hydrogens is 456 g/mol. The number of carbonyl (C=O) groups excluding carboxylic acids is 1. The van der Waals surface area contributed by atoms with Crippen LogP contribution in [0.1, 0.15) is 72.4 Å². The summed E-state index contributed by atoms with van der Waals surface area (Å²) in [5, 5.41) is 12.7. The molecule has 5 nitrogen and oxygen atoms in total. The summed E-state index contributed by atoms with van der Waals surface area (Å²) < 4.78 is 0.948. The van der Waals surface area contributed by atoms with Gasteiger partial charge in [-0.05, 0) is 68.2 Å². The molecule has 164 valence electrons. The molecule has 2 heterocycles. The minimum absolute atomic E-state index is 0.0350. The summed E-state index contributed by atoms with van der Waals surface area (Å²) in [6.07, 6.45) is 1.84. The molecule has 31 heavy (non-hydrogen) atoms. The highest BCUT2D eigenvalue weighted by atomic mass is 79.9. The molecule has 3 N–H and O–H groups in total. The van der Waals surface area contributed by atoms with Crippen molar-refractivity contribution < 1.29 is 14.7 Å². The van der Waals surface area contributed by atoms with E-state index in [0.29, 0.717) is 23.1 Å². The number of amides is 1. The van der Waals surface area contributed by atoms with E-state index in [-0.39, 0.29) is 17.7 Å². The maximum Gasteiger partial charge on any atom is 0.337 e. The van der Waals surface area contributed by atoms with Crippen LogP contribution in [-0.4, -0.2) is 22.0 Å². The van der Waals surface area contributed by atoms with Gasteiger partial charge in [-0.25, -0.2) is 4.79 Å². The summed E-state index contributed by atoms with van der Waals surface area (Å²) in [6, 6.07) is 5.90. The Morgan fingerprint density at radius 3 is 2.58 bits per heavy atom. The third-order valence-electron chi connectivity index (χ3n) is 6.89. The van der Waals surface area contributed by atoms with Crippen molar-refractivity contribution in [2.75, 3.05) is 5.32 Å². The molecule has 0 spiro atoms. The smallest absolute Gasteiger partial charge is 0.337 e. The lowest BCUT2D eigenvalue weighted by Crippen LogP contribution is -2.30. The van der Waals surface area contributed by atoms with Gasteiger partial charge in [-0.1, -0.05) is 42.3 Å². The molecule has 3 atom stereocenters. The normalized spacial score (nSPS) is 25.6. The summed E-state index contributed by atoms with van der Waals surface area (Å²) in [4.78, 5) is 28.3. The fourth-order valence-electron chi connectivity index (χ4n) is 5.77. The van der Waals surface area contributed by atoms with Crippen LogP contribution in [0.15, 0.2) is 28.2 Å². The number of halogens is 1. The molecule has 0 saturated heterocycles. The topological polar surface area (TPSA) is 82.2 Å². The molecule has 1 amide bonds. The molecule has 2 aliphatic rings. The van der Waals surface area contributed by atoms with Gasteiger partial charge in [-0.3, -0.25) is 4.79 Å². The van der Waals surface area contributed by atoms with Crippen LogP contribution < -0.4 is 5.32 Å². The van der Waals surface area contributed by atoms with E-state index < -0.39 is 5.97 Å². The van der Waals surface area contributed by atoms with Crippen molar-refractivity contribution in [2.45, 2.75) is 53.4 Å². The number of fused-ring (bicyclic) bond motifs is 1. The number of hydrogen-bond acceptors (Lipinski definition) is 2. The molecule has 0 bridgehead atoms. The molecule has 1 aromatic carbocycles. The van der Waals surface area contributed by atoms with Crippen molar-refractivity contribution in [3.63, 3.8) is 0 Å². The highest BCUT2D eigenvalue weighted by Gasteiger charge is 2.41. The van der Waals surface area contributed by atoms with Crippen LogP contribution in [-0.2, 0) is 4.79 Å². The monoisotopic (exact) mass is 484 g/mol. The van der Waals surface area contributed by atoms with E-state index in [0.717, 1.165) is 45.4 Å². The fourth-order valence-corrected chi connectivity index (χ4v) is 6.14. The fraction of sp³-hybridized carbons (Fsp3) is 0.440. The standard InChI is InChI=1S/C25H29BrN2O3/c1-11(2)20-17(22-16-10-15(26)6-7-19(16)28-24(22)29)8-12(3)9-18(20)23-13(4)21(25(30)31)14(5)27-23/h6-7,10-12,18,20,27H,8-9H2,1-5H3,(H,28,29)(H,30,31). The summed E-state index contributed by atoms with van der Waals surface area (Å²) >= 11 is 3.55. The summed E-state index contributed by atoms with van der Waals surface area (Å²) in [7, 11) is 0. The number of H-pyrrole nitrogens is 1. The van der Waals surface area contributed by atoms with Crippen molar-refractivity contribution in [1.29, 1.82) is 0 Å². The second kappa shape index (κ2) is 7.97. The lowest BCUT2D eigenvalue weighted by Gasteiger charge is -2.40. The van der Waals surface area contributed by atoms with Gasteiger partial charge in [-0.2, -0.15) is 0 Å². The number of benzene rings is 1. The zero-order valence-corrected chi connectivity index (χ0v) is 20.2. The second-order valence-electron chi connectivity index (χ2n) is 9.43. The molecule has 1 aliphatic carbocycles. The van der Waals surface area contributed by atoms with Crippen LogP contribution in [0.4, 0.5) is 5.69 Å². The zero-order valence-electron chi connectivity index (χ0n) is 18.6. The van der Waals surface area contributed by atoms with E-state index in [1.165, 1.54) is 5.57 Å². The predicted octanol–water partition coefficient (Wildman–Crippen LogP) is 6.28. The van der Waals surface area contributed by atoms with Gasteiger partial charge >= 0.3 is 5.97 Å². The molecule has 1 aliphatic heterocycles. The number of hydrogen-bond donors (Lipinski definition) is 3. The lowest BCUT2D eigenvalue weighted by atomic mass is 9.64. The maximum atomic E-state index is 13.1. The maximum absolute atomic E-state index is 13.1. The average Bonchev–Trinajstić information content (AvgIpc) is 3.15. The number of carbonyl (C=O) groups is 2. The summed E-state index contributed by atoms with van der Waals surface area (Å²) in [6.45, 7) is 10.4. The Labute approximate surface area is 191 Å². The van der Waals surface area contributed by atoms with Crippen molar-refractivity contribution in [2.24, 2.45) is 17.8 Å². The van der Waals surface area contributed by atoms with Gasteiger partial charge in [-0.15, -0.1) is 0 Å². The van der Waals surface area contributed by atoms with Crippen LogP contribution in [0, 0.1) is 31.6 Å². The number of aromatic nitrogens is 1. The Bertz CT molecular complexity index is 1110.